The van der Waals surface area contributed by atoms with Gasteiger partial charge in [0.1, 0.15) is 0 Å². The number of halogens is 2. The van der Waals surface area contributed by atoms with E-state index in [4.69, 9.17) is 11.6 Å². The highest BCUT2D eigenvalue weighted by atomic mass is 79.9. The van der Waals surface area contributed by atoms with Crippen molar-refractivity contribution in [2.75, 3.05) is 5.32 Å². The molecule has 1 nitrogen and oxygen atoms in total. The Morgan fingerprint density at radius 2 is 2.12 bits per heavy atom. The van der Waals surface area contributed by atoms with Gasteiger partial charge < -0.3 is 5.32 Å². The van der Waals surface area contributed by atoms with Crippen molar-refractivity contribution in [3.63, 3.8) is 0 Å². The summed E-state index contributed by atoms with van der Waals surface area (Å²) in [6, 6.07) is 6.80. The second-order valence-electron chi connectivity index (χ2n) is 5.05. The number of rotatable bonds is 2. The van der Waals surface area contributed by atoms with Gasteiger partial charge in [0, 0.05) is 16.2 Å². The Morgan fingerprint density at radius 3 is 2.75 bits per heavy atom. The normalized spacial score (nSPS) is 32.0. The Hall–Kier alpha value is -0.210. The number of fused-ring (bicyclic) bond motifs is 2. The third-order valence-electron chi connectivity index (χ3n) is 4.01. The van der Waals surface area contributed by atoms with Gasteiger partial charge in [-0.25, -0.2) is 0 Å². The topological polar surface area (TPSA) is 12.0 Å². The molecule has 2 bridgehead atoms. The Kier molecular flexibility index (Phi) is 2.88. The van der Waals surface area contributed by atoms with Crippen molar-refractivity contribution in [3.05, 3.63) is 27.7 Å². The zero-order chi connectivity index (χ0) is 11.1. The fraction of sp³-hybridized carbons (Fsp3) is 0.538. The molecular weight excluding hydrogens is 286 g/mol. The number of benzene rings is 1. The minimum atomic E-state index is 0.677. The fourth-order valence-electron chi connectivity index (χ4n) is 3.22. The summed E-state index contributed by atoms with van der Waals surface area (Å²) >= 11 is 9.51. The summed E-state index contributed by atoms with van der Waals surface area (Å²) in [4.78, 5) is 0. The third-order valence-corrected chi connectivity index (χ3v) is 5.24. The first-order valence-electron chi connectivity index (χ1n) is 5.94. The van der Waals surface area contributed by atoms with Crippen molar-refractivity contribution in [1.29, 1.82) is 0 Å². The van der Waals surface area contributed by atoms with Gasteiger partial charge in [-0.3, -0.25) is 0 Å². The summed E-state index contributed by atoms with van der Waals surface area (Å²) in [6.07, 6.45) is 5.64. The van der Waals surface area contributed by atoms with Gasteiger partial charge in [-0.15, -0.1) is 0 Å². The minimum absolute atomic E-state index is 0.677. The molecule has 1 N–H and O–H groups in total. The number of anilines is 1. The quantitative estimate of drug-likeness (QED) is 0.834. The SMILES string of the molecule is Clc1cc(NC2CC3CCC2C3)ccc1Br. The van der Waals surface area contributed by atoms with E-state index in [1.54, 1.807) is 0 Å². The van der Waals surface area contributed by atoms with E-state index >= 15 is 0 Å². The summed E-state index contributed by atoms with van der Waals surface area (Å²) in [7, 11) is 0. The molecular formula is C13H15BrClN. The molecule has 0 saturated heterocycles. The van der Waals surface area contributed by atoms with E-state index in [0.29, 0.717) is 6.04 Å². The largest absolute Gasteiger partial charge is 0.382 e. The van der Waals surface area contributed by atoms with Crippen molar-refractivity contribution in [2.24, 2.45) is 11.8 Å². The highest BCUT2D eigenvalue weighted by Gasteiger charge is 2.39. The maximum atomic E-state index is 6.09. The van der Waals surface area contributed by atoms with Gasteiger partial charge in [-0.1, -0.05) is 18.0 Å². The van der Waals surface area contributed by atoms with Crippen LogP contribution in [0.3, 0.4) is 0 Å². The first-order valence-corrected chi connectivity index (χ1v) is 7.11. The smallest absolute Gasteiger partial charge is 0.0568 e. The lowest BCUT2D eigenvalue weighted by atomic mass is 9.95. The van der Waals surface area contributed by atoms with Crippen LogP contribution in [0.15, 0.2) is 22.7 Å². The Labute approximate surface area is 110 Å². The molecule has 16 heavy (non-hydrogen) atoms. The molecule has 86 valence electrons. The Balaban J connectivity index is 1.72. The Morgan fingerprint density at radius 1 is 1.25 bits per heavy atom. The van der Waals surface area contributed by atoms with Crippen LogP contribution in [0, 0.1) is 11.8 Å². The van der Waals surface area contributed by atoms with Gasteiger partial charge in [0.25, 0.3) is 0 Å². The van der Waals surface area contributed by atoms with Crippen molar-refractivity contribution in [3.8, 4) is 0 Å². The van der Waals surface area contributed by atoms with Crippen LogP contribution in [0.1, 0.15) is 25.7 Å². The zero-order valence-electron chi connectivity index (χ0n) is 9.05. The minimum Gasteiger partial charge on any atom is -0.382 e. The molecule has 0 spiro atoms. The Bertz CT molecular complexity index is 407. The molecule has 2 aliphatic carbocycles. The molecule has 0 amide bonds. The summed E-state index contributed by atoms with van der Waals surface area (Å²) in [5.74, 6) is 1.88. The predicted molar refractivity (Wildman–Crippen MR) is 72.0 cm³/mol. The lowest BCUT2D eigenvalue weighted by molar-refractivity contribution is 0.440. The van der Waals surface area contributed by atoms with Crippen LogP contribution < -0.4 is 5.32 Å². The second kappa shape index (κ2) is 4.23. The summed E-state index contributed by atoms with van der Waals surface area (Å²) in [6.45, 7) is 0. The second-order valence-corrected chi connectivity index (χ2v) is 6.32. The lowest BCUT2D eigenvalue weighted by Gasteiger charge is -2.24. The summed E-state index contributed by atoms with van der Waals surface area (Å²) in [5, 5.41) is 4.42. The standard InChI is InChI=1S/C13H15BrClN/c14-11-4-3-10(7-12(11)15)16-13-6-8-1-2-9(13)5-8/h3-4,7-9,13,16H,1-2,5-6H2. The molecule has 0 aliphatic heterocycles. The number of hydrogen-bond acceptors (Lipinski definition) is 1. The van der Waals surface area contributed by atoms with E-state index in [1.165, 1.54) is 25.7 Å². The molecule has 0 heterocycles. The first kappa shape index (κ1) is 10.9. The van der Waals surface area contributed by atoms with Crippen LogP contribution in [-0.2, 0) is 0 Å². The number of nitrogens with one attached hydrogen (secondary N) is 1. The van der Waals surface area contributed by atoms with E-state index in [2.05, 4.69) is 27.3 Å². The van der Waals surface area contributed by atoms with Crippen molar-refractivity contribution in [2.45, 2.75) is 31.7 Å². The van der Waals surface area contributed by atoms with Crippen LogP contribution in [-0.4, -0.2) is 6.04 Å². The number of hydrogen-bond donors (Lipinski definition) is 1. The van der Waals surface area contributed by atoms with Gasteiger partial charge in [0.2, 0.25) is 0 Å². The predicted octanol–water partition coefficient (Wildman–Crippen LogP) is 4.70. The molecule has 1 aromatic carbocycles. The van der Waals surface area contributed by atoms with Crippen molar-refractivity contribution in [1.82, 2.24) is 0 Å². The maximum Gasteiger partial charge on any atom is 0.0568 e. The third kappa shape index (κ3) is 1.98. The molecule has 1 aromatic rings. The monoisotopic (exact) mass is 299 g/mol. The van der Waals surface area contributed by atoms with Gasteiger partial charge in [-0.2, -0.15) is 0 Å². The summed E-state index contributed by atoms with van der Waals surface area (Å²) < 4.78 is 0.965. The average Bonchev–Trinajstić information content (AvgIpc) is 2.85. The maximum absolute atomic E-state index is 6.09. The average molecular weight is 301 g/mol. The first-order chi connectivity index (χ1) is 7.72. The van der Waals surface area contributed by atoms with Crippen molar-refractivity contribution < 1.29 is 0 Å². The van der Waals surface area contributed by atoms with Crippen LogP contribution in [0.4, 0.5) is 5.69 Å². The molecule has 3 rings (SSSR count). The fourth-order valence-corrected chi connectivity index (χ4v) is 3.65. The lowest BCUT2D eigenvalue weighted by Crippen LogP contribution is -2.25. The molecule has 0 aromatic heterocycles. The van der Waals surface area contributed by atoms with E-state index < -0.39 is 0 Å². The van der Waals surface area contributed by atoms with Crippen LogP contribution in [0.5, 0.6) is 0 Å². The summed E-state index contributed by atoms with van der Waals surface area (Å²) in [5.41, 5.74) is 1.16. The highest BCUT2D eigenvalue weighted by molar-refractivity contribution is 9.10. The van der Waals surface area contributed by atoms with Crippen LogP contribution in [0.25, 0.3) is 0 Å². The van der Waals surface area contributed by atoms with Crippen LogP contribution in [0.2, 0.25) is 5.02 Å². The van der Waals surface area contributed by atoms with Gasteiger partial charge >= 0.3 is 0 Å². The molecule has 3 unspecified atom stereocenters. The highest BCUT2D eigenvalue weighted by Crippen LogP contribution is 2.45. The van der Waals surface area contributed by atoms with Gasteiger partial charge in [-0.05, 0) is 65.2 Å². The van der Waals surface area contributed by atoms with E-state index in [0.717, 1.165) is 27.0 Å². The molecule has 2 aliphatic rings. The van der Waals surface area contributed by atoms with Crippen LogP contribution >= 0.6 is 27.5 Å². The molecule has 3 atom stereocenters. The van der Waals surface area contributed by atoms with E-state index in [9.17, 15) is 0 Å². The van der Waals surface area contributed by atoms with Gasteiger partial charge in [0.05, 0.1) is 5.02 Å². The molecule has 2 fully saturated rings. The zero-order valence-corrected chi connectivity index (χ0v) is 11.4. The van der Waals surface area contributed by atoms with Gasteiger partial charge in [0.15, 0.2) is 0 Å². The van der Waals surface area contributed by atoms with E-state index in [-0.39, 0.29) is 0 Å². The molecule has 3 heteroatoms. The van der Waals surface area contributed by atoms with E-state index in [1.807, 2.05) is 12.1 Å². The molecule has 2 saturated carbocycles. The molecule has 0 radical (unpaired) electrons. The van der Waals surface area contributed by atoms with Crippen molar-refractivity contribution >= 4 is 33.2 Å².